The smallest absolute Gasteiger partial charge is 0.356 e. The van der Waals surface area contributed by atoms with E-state index in [1.807, 2.05) is 0 Å². The van der Waals surface area contributed by atoms with Crippen molar-refractivity contribution in [1.29, 1.82) is 0 Å². The molecule has 1 aromatic carbocycles. The number of anilines is 1. The Balaban J connectivity index is 0.00000341. The summed E-state index contributed by atoms with van der Waals surface area (Å²) in [6.45, 7) is 0.420. The van der Waals surface area contributed by atoms with Crippen LogP contribution in [0, 0.1) is 0 Å². The van der Waals surface area contributed by atoms with Gasteiger partial charge < -0.3 is 16.0 Å². The molecule has 0 unspecified atom stereocenters. The van der Waals surface area contributed by atoms with E-state index in [-0.39, 0.29) is 41.8 Å². The van der Waals surface area contributed by atoms with Crippen molar-refractivity contribution in [2.45, 2.75) is 30.9 Å². The molecule has 1 aromatic heterocycles. The van der Waals surface area contributed by atoms with E-state index in [0.717, 1.165) is 25.3 Å². The molecular formula is C21H25F3IN5O. The Morgan fingerprint density at radius 3 is 2.55 bits per heavy atom. The van der Waals surface area contributed by atoms with Crippen LogP contribution in [0.1, 0.15) is 30.4 Å². The molecule has 2 aromatic rings. The standard InChI is InChI=1S/C21H24F3N5O.HI/c1-25-19(27-13-18(30)29-17-7-3-10-26-12-17)28-14-20(8-4-9-20)15-5-2-6-16(11-15)21(22,23)24;/h2-3,5-7,10-12H,4,8-9,13-14H2,1H3,(H,29,30)(H2,25,27,28);1H. The Labute approximate surface area is 196 Å². The van der Waals surface area contributed by atoms with Crippen LogP contribution in [-0.2, 0) is 16.4 Å². The molecule has 1 heterocycles. The zero-order chi connectivity index (χ0) is 21.6. The largest absolute Gasteiger partial charge is 0.416 e. The SMILES string of the molecule is CN=C(NCC(=O)Nc1cccnc1)NCC1(c2cccc(C(F)(F)F)c2)CCC1.I. The molecule has 1 aliphatic carbocycles. The molecule has 168 valence electrons. The average Bonchev–Trinajstić information content (AvgIpc) is 2.70. The molecule has 0 bridgehead atoms. The van der Waals surface area contributed by atoms with E-state index < -0.39 is 11.7 Å². The average molecular weight is 547 g/mol. The fourth-order valence-electron chi connectivity index (χ4n) is 3.48. The molecule has 0 saturated heterocycles. The summed E-state index contributed by atoms with van der Waals surface area (Å²) in [5.74, 6) is 0.150. The quantitative estimate of drug-likeness (QED) is 0.291. The van der Waals surface area contributed by atoms with Gasteiger partial charge in [0.25, 0.3) is 0 Å². The van der Waals surface area contributed by atoms with Gasteiger partial charge in [-0.05, 0) is 36.6 Å². The number of aromatic nitrogens is 1. The van der Waals surface area contributed by atoms with Crippen molar-refractivity contribution in [2.75, 3.05) is 25.5 Å². The van der Waals surface area contributed by atoms with Gasteiger partial charge in [-0.25, -0.2) is 0 Å². The molecule has 10 heteroatoms. The summed E-state index contributed by atoms with van der Waals surface area (Å²) in [4.78, 5) is 20.1. The van der Waals surface area contributed by atoms with Gasteiger partial charge in [-0.3, -0.25) is 14.8 Å². The Morgan fingerprint density at radius 1 is 1.19 bits per heavy atom. The van der Waals surface area contributed by atoms with Gasteiger partial charge in [0, 0.05) is 25.2 Å². The zero-order valence-corrected chi connectivity index (χ0v) is 19.3. The van der Waals surface area contributed by atoms with Crippen LogP contribution in [0.15, 0.2) is 53.8 Å². The third-order valence-corrected chi connectivity index (χ3v) is 5.29. The van der Waals surface area contributed by atoms with Crippen LogP contribution in [0.2, 0.25) is 0 Å². The number of aliphatic imine (C=N–C) groups is 1. The maximum atomic E-state index is 13.1. The summed E-state index contributed by atoms with van der Waals surface area (Å²) in [5.41, 5.74) is 0.239. The van der Waals surface area contributed by atoms with Crippen molar-refractivity contribution in [2.24, 2.45) is 4.99 Å². The normalized spacial score (nSPS) is 15.3. The van der Waals surface area contributed by atoms with E-state index in [9.17, 15) is 18.0 Å². The molecule has 0 atom stereocenters. The first-order valence-electron chi connectivity index (χ1n) is 9.64. The van der Waals surface area contributed by atoms with Gasteiger partial charge in [0.15, 0.2) is 5.96 Å². The zero-order valence-electron chi connectivity index (χ0n) is 17.0. The molecule has 0 radical (unpaired) electrons. The molecule has 3 N–H and O–H groups in total. The number of alkyl halides is 3. The molecular weight excluding hydrogens is 522 g/mol. The second-order valence-corrected chi connectivity index (χ2v) is 7.28. The van der Waals surface area contributed by atoms with Gasteiger partial charge in [-0.2, -0.15) is 13.2 Å². The summed E-state index contributed by atoms with van der Waals surface area (Å²) in [7, 11) is 1.58. The number of guanidine groups is 1. The van der Waals surface area contributed by atoms with Gasteiger partial charge >= 0.3 is 6.18 Å². The van der Waals surface area contributed by atoms with Crippen molar-refractivity contribution in [3.8, 4) is 0 Å². The Kier molecular flexibility index (Phi) is 8.66. The van der Waals surface area contributed by atoms with Crippen molar-refractivity contribution >= 4 is 41.5 Å². The van der Waals surface area contributed by atoms with Gasteiger partial charge in [-0.1, -0.05) is 24.6 Å². The topological polar surface area (TPSA) is 78.4 Å². The highest BCUT2D eigenvalue weighted by molar-refractivity contribution is 14.0. The van der Waals surface area contributed by atoms with E-state index >= 15 is 0 Å². The lowest BCUT2D eigenvalue weighted by Crippen LogP contribution is -2.50. The molecule has 1 fully saturated rings. The molecule has 1 amide bonds. The third-order valence-electron chi connectivity index (χ3n) is 5.29. The van der Waals surface area contributed by atoms with Crippen molar-refractivity contribution in [3.05, 3.63) is 59.9 Å². The maximum Gasteiger partial charge on any atom is 0.416 e. The molecule has 0 spiro atoms. The van der Waals surface area contributed by atoms with E-state index in [2.05, 4.69) is 25.9 Å². The van der Waals surface area contributed by atoms with Crippen molar-refractivity contribution in [1.82, 2.24) is 15.6 Å². The van der Waals surface area contributed by atoms with Gasteiger partial charge in [-0.15, -0.1) is 24.0 Å². The van der Waals surface area contributed by atoms with E-state index in [4.69, 9.17) is 0 Å². The number of benzene rings is 1. The van der Waals surface area contributed by atoms with Crippen LogP contribution in [-0.4, -0.2) is 37.0 Å². The number of nitrogens with one attached hydrogen (secondary N) is 3. The minimum atomic E-state index is -4.37. The van der Waals surface area contributed by atoms with Crippen LogP contribution in [0.25, 0.3) is 0 Å². The molecule has 6 nitrogen and oxygen atoms in total. The molecule has 3 rings (SSSR count). The Morgan fingerprint density at radius 2 is 1.97 bits per heavy atom. The minimum Gasteiger partial charge on any atom is -0.356 e. The third kappa shape index (κ3) is 6.55. The van der Waals surface area contributed by atoms with E-state index in [0.29, 0.717) is 23.8 Å². The number of carbonyl (C=O) groups excluding carboxylic acids is 1. The van der Waals surface area contributed by atoms with Crippen molar-refractivity contribution < 1.29 is 18.0 Å². The molecule has 0 aliphatic heterocycles. The number of carbonyl (C=O) groups is 1. The number of pyridine rings is 1. The maximum absolute atomic E-state index is 13.1. The molecule has 1 saturated carbocycles. The number of hydrogen-bond donors (Lipinski definition) is 3. The number of halogens is 4. The number of rotatable bonds is 6. The fraction of sp³-hybridized carbons (Fsp3) is 0.381. The molecule has 31 heavy (non-hydrogen) atoms. The van der Waals surface area contributed by atoms with Crippen molar-refractivity contribution in [3.63, 3.8) is 0 Å². The first-order chi connectivity index (χ1) is 14.3. The summed E-state index contributed by atoms with van der Waals surface area (Å²) >= 11 is 0. The fourth-order valence-corrected chi connectivity index (χ4v) is 3.48. The monoisotopic (exact) mass is 547 g/mol. The Hall–Kier alpha value is -2.37. The van der Waals surface area contributed by atoms with Crippen LogP contribution in [0.5, 0.6) is 0 Å². The predicted octanol–water partition coefficient (Wildman–Crippen LogP) is 3.94. The number of nitrogens with zero attached hydrogens (tertiary/aromatic N) is 2. The van der Waals surface area contributed by atoms with Crippen LogP contribution in [0.4, 0.5) is 18.9 Å². The van der Waals surface area contributed by atoms with E-state index in [1.54, 1.807) is 37.6 Å². The lowest BCUT2D eigenvalue weighted by atomic mass is 9.64. The minimum absolute atomic E-state index is 0. The van der Waals surface area contributed by atoms with Crippen LogP contribution < -0.4 is 16.0 Å². The summed E-state index contributed by atoms with van der Waals surface area (Å²) < 4.78 is 39.3. The van der Waals surface area contributed by atoms with Gasteiger partial charge in [0.05, 0.1) is 24.0 Å². The van der Waals surface area contributed by atoms with Crippen LogP contribution >= 0.6 is 24.0 Å². The highest BCUT2D eigenvalue weighted by Gasteiger charge is 2.40. The lowest BCUT2D eigenvalue weighted by Gasteiger charge is -2.43. The van der Waals surface area contributed by atoms with Gasteiger partial charge in [0.2, 0.25) is 5.91 Å². The molecule has 1 aliphatic rings. The summed E-state index contributed by atoms with van der Waals surface area (Å²) in [5, 5.41) is 8.79. The second-order valence-electron chi connectivity index (χ2n) is 7.28. The first-order valence-corrected chi connectivity index (χ1v) is 9.64. The number of hydrogen-bond acceptors (Lipinski definition) is 3. The highest BCUT2D eigenvalue weighted by Crippen LogP contribution is 2.44. The Bertz CT molecular complexity index is 901. The predicted molar refractivity (Wildman–Crippen MR) is 125 cm³/mol. The van der Waals surface area contributed by atoms with Crippen LogP contribution in [0.3, 0.4) is 0 Å². The number of amides is 1. The summed E-state index contributed by atoms with van der Waals surface area (Å²) in [6, 6.07) is 8.97. The van der Waals surface area contributed by atoms with E-state index in [1.165, 1.54) is 12.1 Å². The first kappa shape index (κ1) is 24.9. The lowest BCUT2D eigenvalue weighted by molar-refractivity contribution is -0.137. The highest BCUT2D eigenvalue weighted by atomic mass is 127. The van der Waals surface area contributed by atoms with Gasteiger partial charge in [0.1, 0.15) is 0 Å². The second kappa shape index (κ2) is 10.8. The summed E-state index contributed by atoms with van der Waals surface area (Å²) in [6.07, 6.45) is 1.32.